The van der Waals surface area contributed by atoms with Crippen LogP contribution in [0.4, 0.5) is 0 Å². The minimum Gasteiger partial charge on any atom is -0.457 e. The number of aromatic nitrogens is 3. The van der Waals surface area contributed by atoms with Gasteiger partial charge in [0.05, 0.1) is 5.69 Å². The van der Waals surface area contributed by atoms with Gasteiger partial charge in [-0.3, -0.25) is 0 Å². The lowest BCUT2D eigenvalue weighted by Gasteiger charge is -2.18. The number of rotatable bonds is 5. The Labute approximate surface area is 208 Å². The van der Waals surface area contributed by atoms with Crippen LogP contribution in [0.3, 0.4) is 0 Å². The lowest BCUT2D eigenvalue weighted by atomic mass is 9.88. The van der Waals surface area contributed by atoms with E-state index in [0.717, 1.165) is 33.2 Å². The van der Waals surface area contributed by atoms with Crippen molar-refractivity contribution >= 4 is 21.9 Å². The lowest BCUT2D eigenvalue weighted by molar-refractivity contribution is 0.436. The molecule has 0 saturated heterocycles. The predicted octanol–water partition coefficient (Wildman–Crippen LogP) is 8.05. The maximum absolute atomic E-state index is 6.15. The molecule has 6 nitrogen and oxygen atoms in total. The number of ether oxygens (including phenoxy) is 2. The number of pyridine rings is 1. The summed E-state index contributed by atoms with van der Waals surface area (Å²) in [6.07, 6.45) is 3.61. The van der Waals surface area contributed by atoms with E-state index < -0.39 is 0 Å². The summed E-state index contributed by atoms with van der Waals surface area (Å²) in [5.41, 5.74) is 3.67. The first-order valence-electron chi connectivity index (χ1n) is 11.8. The molecule has 6 heteroatoms. The fraction of sp³-hybridized carbons (Fsp3) is 0.133. The molecule has 3 heterocycles. The summed E-state index contributed by atoms with van der Waals surface area (Å²) in [4.78, 5) is 4.33. The van der Waals surface area contributed by atoms with Crippen molar-refractivity contribution in [3.8, 4) is 28.9 Å². The van der Waals surface area contributed by atoms with Crippen LogP contribution in [0, 0.1) is 0 Å². The predicted molar refractivity (Wildman–Crippen MR) is 140 cm³/mol. The van der Waals surface area contributed by atoms with Gasteiger partial charge < -0.3 is 13.9 Å². The van der Waals surface area contributed by atoms with Gasteiger partial charge in [-0.05, 0) is 47.4 Å². The SMILES string of the molecule is CC(C)(C)c1ccnc(Oc2ccn(-c3cccc(Oc4ccc5c(c4)oc4ccccc45)c3)n2)c1. The Bertz CT molecular complexity index is 1690. The number of fused-ring (bicyclic) bond motifs is 3. The smallest absolute Gasteiger partial charge is 0.240 e. The molecule has 0 atom stereocenters. The van der Waals surface area contributed by atoms with Crippen LogP contribution >= 0.6 is 0 Å². The number of furan rings is 1. The largest absolute Gasteiger partial charge is 0.457 e. The highest BCUT2D eigenvalue weighted by molar-refractivity contribution is 6.05. The molecule has 36 heavy (non-hydrogen) atoms. The van der Waals surface area contributed by atoms with Crippen LogP contribution in [0.5, 0.6) is 23.3 Å². The second kappa shape index (κ2) is 8.57. The zero-order valence-corrected chi connectivity index (χ0v) is 20.3. The summed E-state index contributed by atoms with van der Waals surface area (Å²) in [6, 6.07) is 27.4. The van der Waals surface area contributed by atoms with Gasteiger partial charge in [-0.25, -0.2) is 9.67 Å². The number of hydrogen-bond donors (Lipinski definition) is 0. The van der Waals surface area contributed by atoms with Gasteiger partial charge in [0.15, 0.2) is 0 Å². The molecule has 0 aliphatic heterocycles. The van der Waals surface area contributed by atoms with E-state index in [2.05, 4.69) is 36.9 Å². The average Bonchev–Trinajstić information content (AvgIpc) is 3.48. The third-order valence-electron chi connectivity index (χ3n) is 6.04. The van der Waals surface area contributed by atoms with Crippen molar-refractivity contribution in [3.63, 3.8) is 0 Å². The molecular formula is C30H25N3O3. The summed E-state index contributed by atoms with van der Waals surface area (Å²) in [5.74, 6) is 2.38. The zero-order valence-electron chi connectivity index (χ0n) is 20.3. The topological polar surface area (TPSA) is 62.3 Å². The van der Waals surface area contributed by atoms with Crippen LogP contribution in [-0.4, -0.2) is 14.8 Å². The lowest BCUT2D eigenvalue weighted by Crippen LogP contribution is -2.11. The van der Waals surface area contributed by atoms with Crippen LogP contribution in [0.15, 0.2) is 102 Å². The summed E-state index contributed by atoms with van der Waals surface area (Å²) >= 11 is 0. The molecule has 0 radical (unpaired) electrons. The van der Waals surface area contributed by atoms with Crippen molar-refractivity contribution in [2.45, 2.75) is 26.2 Å². The van der Waals surface area contributed by atoms with Gasteiger partial charge in [0, 0.05) is 47.4 Å². The quantitative estimate of drug-likeness (QED) is 0.252. The van der Waals surface area contributed by atoms with E-state index in [9.17, 15) is 0 Å². The van der Waals surface area contributed by atoms with Gasteiger partial charge >= 0.3 is 0 Å². The maximum Gasteiger partial charge on any atom is 0.240 e. The number of nitrogens with zero attached hydrogens (tertiary/aromatic N) is 3. The molecule has 6 rings (SSSR count). The van der Waals surface area contributed by atoms with Gasteiger partial charge in [0.1, 0.15) is 22.7 Å². The van der Waals surface area contributed by atoms with Crippen molar-refractivity contribution in [1.82, 2.24) is 14.8 Å². The van der Waals surface area contributed by atoms with Crippen molar-refractivity contribution < 1.29 is 13.9 Å². The first kappa shape index (κ1) is 21.9. The summed E-state index contributed by atoms with van der Waals surface area (Å²) in [5, 5.41) is 6.73. The van der Waals surface area contributed by atoms with E-state index in [1.54, 1.807) is 10.9 Å². The number of para-hydroxylation sites is 1. The Morgan fingerprint density at radius 3 is 2.44 bits per heavy atom. The molecular weight excluding hydrogens is 450 g/mol. The van der Waals surface area contributed by atoms with Gasteiger partial charge in [0.2, 0.25) is 11.8 Å². The second-order valence-electron chi connectivity index (χ2n) is 9.69. The zero-order chi connectivity index (χ0) is 24.7. The molecule has 0 fully saturated rings. The number of hydrogen-bond acceptors (Lipinski definition) is 5. The third kappa shape index (κ3) is 4.29. The highest BCUT2D eigenvalue weighted by Crippen LogP contribution is 2.33. The van der Waals surface area contributed by atoms with Crippen LogP contribution in [0.2, 0.25) is 0 Å². The van der Waals surface area contributed by atoms with Crippen LogP contribution < -0.4 is 9.47 Å². The average molecular weight is 476 g/mol. The van der Waals surface area contributed by atoms with E-state index in [-0.39, 0.29) is 5.41 Å². The number of benzene rings is 3. The van der Waals surface area contributed by atoms with Crippen LogP contribution in [0.1, 0.15) is 26.3 Å². The Balaban J connectivity index is 1.22. The van der Waals surface area contributed by atoms with Gasteiger partial charge in [-0.1, -0.05) is 45.0 Å². The van der Waals surface area contributed by atoms with E-state index >= 15 is 0 Å². The molecule has 0 amide bonds. The molecule has 3 aromatic carbocycles. The third-order valence-corrected chi connectivity index (χ3v) is 6.04. The maximum atomic E-state index is 6.15. The molecule has 0 aliphatic rings. The standard InChI is InChI=1S/C30H25N3O3/c1-30(2,3)20-13-15-31-29(17-20)36-28-14-16-33(32-28)21-7-6-8-22(18-21)34-23-11-12-25-24-9-4-5-10-26(24)35-27(25)19-23/h4-19H,1-3H3. The molecule has 0 spiro atoms. The Morgan fingerprint density at radius 2 is 1.56 bits per heavy atom. The molecule has 0 bridgehead atoms. The van der Waals surface area contributed by atoms with Crippen molar-refractivity contribution in [3.05, 3.63) is 103 Å². The highest BCUT2D eigenvalue weighted by Gasteiger charge is 2.15. The summed E-state index contributed by atoms with van der Waals surface area (Å²) in [6.45, 7) is 6.47. The van der Waals surface area contributed by atoms with Crippen molar-refractivity contribution in [1.29, 1.82) is 0 Å². The normalized spacial score (nSPS) is 11.8. The molecule has 0 N–H and O–H groups in total. The molecule has 0 aliphatic carbocycles. The molecule has 0 saturated carbocycles. The van der Waals surface area contributed by atoms with Gasteiger partial charge in [0.25, 0.3) is 0 Å². The van der Waals surface area contributed by atoms with Crippen LogP contribution in [0.25, 0.3) is 27.6 Å². The van der Waals surface area contributed by atoms with Gasteiger partial charge in [-0.2, -0.15) is 0 Å². The monoisotopic (exact) mass is 475 g/mol. The van der Waals surface area contributed by atoms with E-state index in [1.165, 1.54) is 0 Å². The fourth-order valence-electron chi connectivity index (χ4n) is 4.14. The molecule has 0 unspecified atom stereocenters. The minimum absolute atomic E-state index is 0.00971. The molecule has 178 valence electrons. The van der Waals surface area contributed by atoms with Crippen molar-refractivity contribution in [2.75, 3.05) is 0 Å². The van der Waals surface area contributed by atoms with E-state index in [4.69, 9.17) is 13.9 Å². The summed E-state index contributed by atoms with van der Waals surface area (Å²) < 4.78 is 19.8. The second-order valence-corrected chi connectivity index (χ2v) is 9.69. The first-order valence-corrected chi connectivity index (χ1v) is 11.8. The van der Waals surface area contributed by atoms with E-state index in [0.29, 0.717) is 23.3 Å². The van der Waals surface area contributed by atoms with Gasteiger partial charge in [-0.15, -0.1) is 5.10 Å². The van der Waals surface area contributed by atoms with E-state index in [1.807, 2.05) is 85.1 Å². The minimum atomic E-state index is 0.00971. The Kier molecular flexibility index (Phi) is 5.22. The molecule has 6 aromatic rings. The van der Waals surface area contributed by atoms with Crippen LogP contribution in [-0.2, 0) is 5.41 Å². The summed E-state index contributed by atoms with van der Waals surface area (Å²) in [7, 11) is 0. The highest BCUT2D eigenvalue weighted by atomic mass is 16.5. The Hall–Kier alpha value is -4.58. The molecule has 3 aromatic heterocycles. The van der Waals surface area contributed by atoms with Crippen molar-refractivity contribution in [2.24, 2.45) is 0 Å². The first-order chi connectivity index (χ1) is 17.4. The Morgan fingerprint density at radius 1 is 0.722 bits per heavy atom. The fourth-order valence-corrected chi connectivity index (χ4v) is 4.14.